The van der Waals surface area contributed by atoms with Gasteiger partial charge in [0, 0.05) is 0 Å². The number of benzene rings is 1. The summed E-state index contributed by atoms with van der Waals surface area (Å²) in [6.07, 6.45) is 4.37. The lowest BCUT2D eigenvalue weighted by Crippen LogP contribution is -2.26. The van der Waals surface area contributed by atoms with E-state index in [1.807, 2.05) is 19.9 Å². The molecule has 112 valence electrons. The third-order valence-corrected chi connectivity index (χ3v) is 4.78. The molecule has 2 unspecified atom stereocenters. The van der Waals surface area contributed by atoms with Gasteiger partial charge in [-0.2, -0.15) is 0 Å². The van der Waals surface area contributed by atoms with Crippen LogP contribution in [-0.4, -0.2) is 14.5 Å². The van der Waals surface area contributed by atoms with E-state index in [-0.39, 0.29) is 11.0 Å². The fourth-order valence-corrected chi connectivity index (χ4v) is 3.75. The van der Waals surface area contributed by atoms with Crippen molar-refractivity contribution in [2.75, 3.05) is 0 Å². The van der Waals surface area contributed by atoms with Gasteiger partial charge in [0.1, 0.15) is 10.6 Å². The maximum absolute atomic E-state index is 11.8. The normalized spacial score (nSPS) is 23.6. The Balaban J connectivity index is 2.35. The third kappa shape index (κ3) is 3.52. The molecule has 0 heterocycles. The molecule has 20 heavy (non-hydrogen) atoms. The van der Waals surface area contributed by atoms with Gasteiger partial charge in [0.05, 0.1) is 6.10 Å². The Morgan fingerprint density at radius 1 is 1.25 bits per heavy atom. The lowest BCUT2D eigenvalue weighted by atomic mass is 9.88. The van der Waals surface area contributed by atoms with Gasteiger partial charge in [0.15, 0.2) is 0 Å². The third-order valence-electron chi connectivity index (χ3n) is 3.86. The lowest BCUT2D eigenvalue weighted by molar-refractivity contribution is 0.125. The highest BCUT2D eigenvalue weighted by Gasteiger charge is 2.24. The minimum absolute atomic E-state index is 0.0839. The summed E-state index contributed by atoms with van der Waals surface area (Å²) in [5.74, 6) is 1.05. The van der Waals surface area contributed by atoms with Crippen LogP contribution in [0.4, 0.5) is 0 Å². The molecule has 0 spiro atoms. The van der Waals surface area contributed by atoms with Crippen molar-refractivity contribution in [1.29, 1.82) is 0 Å². The molecule has 2 atom stereocenters. The van der Waals surface area contributed by atoms with Crippen molar-refractivity contribution in [2.24, 2.45) is 11.1 Å². The van der Waals surface area contributed by atoms with E-state index in [0.29, 0.717) is 11.7 Å². The maximum Gasteiger partial charge on any atom is 0.241 e. The predicted octanol–water partition coefficient (Wildman–Crippen LogP) is 2.91. The Kier molecular flexibility index (Phi) is 4.39. The van der Waals surface area contributed by atoms with Gasteiger partial charge in [-0.3, -0.25) is 0 Å². The second kappa shape index (κ2) is 5.74. The second-order valence-electron chi connectivity index (χ2n) is 5.97. The first-order valence-corrected chi connectivity index (χ1v) is 8.62. The second-order valence-corrected chi connectivity index (χ2v) is 7.50. The molecular formula is C15H23NO3S. The molecule has 4 nitrogen and oxygen atoms in total. The van der Waals surface area contributed by atoms with E-state index in [4.69, 9.17) is 9.88 Å². The van der Waals surface area contributed by atoms with Gasteiger partial charge in [-0.1, -0.05) is 19.4 Å². The monoisotopic (exact) mass is 297 g/mol. The van der Waals surface area contributed by atoms with E-state index in [9.17, 15) is 8.42 Å². The molecule has 1 aromatic carbocycles. The number of hydrogen-bond donors (Lipinski definition) is 1. The zero-order chi connectivity index (χ0) is 14.9. The molecule has 1 fully saturated rings. The summed E-state index contributed by atoms with van der Waals surface area (Å²) in [5, 5.41) is 5.32. The van der Waals surface area contributed by atoms with E-state index in [0.717, 1.165) is 30.4 Å². The predicted molar refractivity (Wildman–Crippen MR) is 79.3 cm³/mol. The largest absolute Gasteiger partial charge is 0.489 e. The highest BCUT2D eigenvalue weighted by Crippen LogP contribution is 2.33. The number of rotatable bonds is 3. The Morgan fingerprint density at radius 2 is 1.95 bits per heavy atom. The van der Waals surface area contributed by atoms with Crippen molar-refractivity contribution in [1.82, 2.24) is 0 Å². The van der Waals surface area contributed by atoms with Crippen molar-refractivity contribution in [3.63, 3.8) is 0 Å². The van der Waals surface area contributed by atoms with Crippen LogP contribution < -0.4 is 9.88 Å². The molecule has 0 saturated heterocycles. The minimum Gasteiger partial charge on any atom is -0.489 e. The first kappa shape index (κ1) is 15.3. The summed E-state index contributed by atoms with van der Waals surface area (Å²) in [5.41, 5.74) is 1.70. The highest BCUT2D eigenvalue weighted by molar-refractivity contribution is 7.89. The summed E-state index contributed by atoms with van der Waals surface area (Å²) in [7, 11) is -3.77. The SMILES string of the molecule is Cc1cc(C)c(OC2CCCC(C)C2)c(S(N)(=O)=O)c1. The average Bonchev–Trinajstić information content (AvgIpc) is 2.31. The summed E-state index contributed by atoms with van der Waals surface area (Å²) in [4.78, 5) is 0.105. The zero-order valence-electron chi connectivity index (χ0n) is 12.3. The fraction of sp³-hybridized carbons (Fsp3) is 0.600. The molecule has 1 aliphatic carbocycles. The molecule has 2 N–H and O–H groups in total. The van der Waals surface area contributed by atoms with Crippen LogP contribution in [0.3, 0.4) is 0 Å². The van der Waals surface area contributed by atoms with Gasteiger partial charge in [-0.05, 0) is 56.2 Å². The molecule has 5 heteroatoms. The summed E-state index contributed by atoms with van der Waals surface area (Å²) < 4.78 is 29.5. The van der Waals surface area contributed by atoms with E-state index < -0.39 is 10.0 Å². The van der Waals surface area contributed by atoms with Crippen LogP contribution in [0.5, 0.6) is 5.75 Å². The van der Waals surface area contributed by atoms with E-state index in [1.54, 1.807) is 6.07 Å². The van der Waals surface area contributed by atoms with Crippen LogP contribution >= 0.6 is 0 Å². The molecular weight excluding hydrogens is 274 g/mol. The van der Waals surface area contributed by atoms with Crippen LogP contribution in [-0.2, 0) is 10.0 Å². The molecule has 0 amide bonds. The molecule has 1 aromatic rings. The van der Waals surface area contributed by atoms with E-state index in [2.05, 4.69) is 6.92 Å². The van der Waals surface area contributed by atoms with Crippen LogP contribution in [0.15, 0.2) is 17.0 Å². The summed E-state index contributed by atoms with van der Waals surface area (Å²) in [6, 6.07) is 3.51. The molecule has 1 aliphatic rings. The number of hydrogen-bond acceptors (Lipinski definition) is 3. The highest BCUT2D eigenvalue weighted by atomic mass is 32.2. The average molecular weight is 297 g/mol. The number of nitrogens with two attached hydrogens (primary N) is 1. The Morgan fingerprint density at radius 3 is 2.55 bits per heavy atom. The first-order valence-electron chi connectivity index (χ1n) is 7.08. The van der Waals surface area contributed by atoms with Crippen molar-refractivity contribution in [2.45, 2.75) is 57.5 Å². The van der Waals surface area contributed by atoms with Crippen LogP contribution in [0.2, 0.25) is 0 Å². The Bertz CT molecular complexity index is 595. The quantitative estimate of drug-likeness (QED) is 0.932. The number of primary sulfonamides is 1. The van der Waals surface area contributed by atoms with Gasteiger partial charge in [0.2, 0.25) is 10.0 Å². The smallest absolute Gasteiger partial charge is 0.241 e. The van der Waals surface area contributed by atoms with Crippen LogP contribution in [0.25, 0.3) is 0 Å². The standard InChI is InChI=1S/C15H23NO3S/c1-10-5-4-6-13(8-10)19-15-12(3)7-11(2)9-14(15)20(16,17)18/h7,9-10,13H,4-6,8H2,1-3H3,(H2,16,17,18). The van der Waals surface area contributed by atoms with Gasteiger partial charge < -0.3 is 4.74 Å². The topological polar surface area (TPSA) is 69.4 Å². The van der Waals surface area contributed by atoms with Crippen LogP contribution in [0, 0.1) is 19.8 Å². The first-order chi connectivity index (χ1) is 9.27. The summed E-state index contributed by atoms with van der Waals surface area (Å²) >= 11 is 0. The number of ether oxygens (including phenoxy) is 1. The van der Waals surface area contributed by atoms with Gasteiger partial charge in [-0.25, -0.2) is 13.6 Å². The van der Waals surface area contributed by atoms with Crippen molar-refractivity contribution in [3.05, 3.63) is 23.3 Å². The maximum atomic E-state index is 11.8. The summed E-state index contributed by atoms with van der Waals surface area (Å²) in [6.45, 7) is 5.93. The lowest BCUT2D eigenvalue weighted by Gasteiger charge is -2.28. The van der Waals surface area contributed by atoms with E-state index in [1.165, 1.54) is 6.42 Å². The molecule has 0 radical (unpaired) electrons. The van der Waals surface area contributed by atoms with Crippen molar-refractivity contribution >= 4 is 10.0 Å². The molecule has 1 saturated carbocycles. The van der Waals surface area contributed by atoms with Gasteiger partial charge in [0.25, 0.3) is 0 Å². The van der Waals surface area contributed by atoms with Gasteiger partial charge >= 0.3 is 0 Å². The number of aryl methyl sites for hydroxylation is 2. The minimum atomic E-state index is -3.77. The Labute approximate surface area is 121 Å². The molecule has 0 aromatic heterocycles. The molecule has 2 rings (SSSR count). The van der Waals surface area contributed by atoms with Crippen molar-refractivity contribution in [3.8, 4) is 5.75 Å². The van der Waals surface area contributed by atoms with Gasteiger partial charge in [-0.15, -0.1) is 0 Å². The molecule has 0 bridgehead atoms. The zero-order valence-corrected chi connectivity index (χ0v) is 13.2. The molecule has 0 aliphatic heterocycles. The Hall–Kier alpha value is -1.07. The van der Waals surface area contributed by atoms with Crippen LogP contribution in [0.1, 0.15) is 43.7 Å². The number of sulfonamides is 1. The van der Waals surface area contributed by atoms with Crippen molar-refractivity contribution < 1.29 is 13.2 Å². The fourth-order valence-electron chi connectivity index (χ4n) is 2.93. The van der Waals surface area contributed by atoms with E-state index >= 15 is 0 Å².